The zero-order chi connectivity index (χ0) is 15.6. The molecule has 0 saturated carbocycles. The van der Waals surface area contributed by atoms with Gasteiger partial charge in [-0.05, 0) is 30.3 Å². The van der Waals surface area contributed by atoms with Crippen LogP contribution in [-0.4, -0.2) is 13.5 Å². The highest BCUT2D eigenvalue weighted by atomic mass is 32.2. The highest BCUT2D eigenvalue weighted by molar-refractivity contribution is 7.89. The van der Waals surface area contributed by atoms with Crippen LogP contribution in [0.25, 0.3) is 0 Å². The maximum Gasteiger partial charge on any atom is 0.238 e. The lowest BCUT2D eigenvalue weighted by atomic mass is 10.2. The fourth-order valence-electron chi connectivity index (χ4n) is 1.51. The first-order valence-electron chi connectivity index (χ1n) is 5.70. The van der Waals surface area contributed by atoms with Gasteiger partial charge in [-0.25, -0.2) is 13.6 Å². The summed E-state index contributed by atoms with van der Waals surface area (Å²) in [5, 5.41) is 22.2. The molecule has 0 atom stereocenters. The van der Waals surface area contributed by atoms with E-state index in [9.17, 15) is 13.5 Å². The predicted molar refractivity (Wildman–Crippen MR) is 78.9 cm³/mol. The SMILES string of the molecule is Nc1cc(N)c(N=Nc2ccc(S(N)(=O)=O)cc2)cc1O. The summed E-state index contributed by atoms with van der Waals surface area (Å²) in [4.78, 5) is -0.0221. The summed E-state index contributed by atoms with van der Waals surface area (Å²) < 4.78 is 22.2. The summed E-state index contributed by atoms with van der Waals surface area (Å²) in [6, 6.07) is 8.16. The number of nitrogens with zero attached hydrogens (tertiary/aromatic N) is 2. The molecular formula is C12H13N5O3S. The van der Waals surface area contributed by atoms with Gasteiger partial charge in [0.2, 0.25) is 10.0 Å². The largest absolute Gasteiger partial charge is 0.506 e. The Bertz CT molecular complexity index is 800. The van der Waals surface area contributed by atoms with Crippen LogP contribution in [0, 0.1) is 0 Å². The Hall–Kier alpha value is -2.65. The van der Waals surface area contributed by atoms with E-state index >= 15 is 0 Å². The molecule has 0 unspecified atom stereocenters. The Morgan fingerprint density at radius 1 is 0.952 bits per heavy atom. The van der Waals surface area contributed by atoms with Crippen molar-refractivity contribution in [2.24, 2.45) is 15.4 Å². The van der Waals surface area contributed by atoms with Gasteiger partial charge in [0, 0.05) is 6.07 Å². The van der Waals surface area contributed by atoms with Gasteiger partial charge >= 0.3 is 0 Å². The van der Waals surface area contributed by atoms with Crippen LogP contribution >= 0.6 is 0 Å². The molecule has 7 N–H and O–H groups in total. The van der Waals surface area contributed by atoms with Gasteiger partial charge in [-0.1, -0.05) is 0 Å². The van der Waals surface area contributed by atoms with Crippen molar-refractivity contribution in [3.8, 4) is 5.75 Å². The molecule has 0 amide bonds. The Labute approximate surface area is 121 Å². The van der Waals surface area contributed by atoms with Gasteiger partial charge < -0.3 is 16.6 Å². The highest BCUT2D eigenvalue weighted by Crippen LogP contribution is 2.33. The van der Waals surface area contributed by atoms with Crippen LogP contribution in [0.15, 0.2) is 51.5 Å². The minimum absolute atomic E-state index is 0.0221. The van der Waals surface area contributed by atoms with E-state index in [-0.39, 0.29) is 27.7 Å². The molecular weight excluding hydrogens is 294 g/mol. The molecule has 0 aliphatic heterocycles. The molecule has 0 radical (unpaired) electrons. The number of nitrogens with two attached hydrogens (primary N) is 3. The monoisotopic (exact) mass is 307 g/mol. The molecule has 2 rings (SSSR count). The van der Waals surface area contributed by atoms with E-state index in [2.05, 4.69) is 10.2 Å². The molecule has 110 valence electrons. The molecule has 0 fully saturated rings. The third kappa shape index (κ3) is 3.46. The fraction of sp³-hybridized carbons (Fsp3) is 0. The van der Waals surface area contributed by atoms with Crippen molar-refractivity contribution in [3.63, 3.8) is 0 Å². The number of azo groups is 1. The number of benzene rings is 2. The summed E-state index contributed by atoms with van der Waals surface area (Å²) in [5.74, 6) is -0.150. The summed E-state index contributed by atoms with van der Waals surface area (Å²) >= 11 is 0. The third-order valence-electron chi connectivity index (χ3n) is 2.61. The Balaban J connectivity index is 2.28. The summed E-state index contributed by atoms with van der Waals surface area (Å²) in [5.41, 5.74) is 12.2. The summed E-state index contributed by atoms with van der Waals surface area (Å²) in [6.07, 6.45) is 0. The van der Waals surface area contributed by atoms with E-state index in [4.69, 9.17) is 16.6 Å². The lowest BCUT2D eigenvalue weighted by Crippen LogP contribution is -2.11. The van der Waals surface area contributed by atoms with E-state index < -0.39 is 10.0 Å². The number of phenolic OH excluding ortho intramolecular Hbond substituents is 1. The van der Waals surface area contributed by atoms with E-state index in [0.717, 1.165) is 0 Å². The van der Waals surface area contributed by atoms with Gasteiger partial charge in [0.15, 0.2) is 0 Å². The van der Waals surface area contributed by atoms with Crippen molar-refractivity contribution in [2.45, 2.75) is 4.90 Å². The first-order valence-corrected chi connectivity index (χ1v) is 7.24. The zero-order valence-electron chi connectivity index (χ0n) is 10.8. The second kappa shape index (κ2) is 5.38. The van der Waals surface area contributed by atoms with Crippen LogP contribution in [0.5, 0.6) is 5.75 Å². The normalized spacial score (nSPS) is 11.9. The predicted octanol–water partition coefficient (Wildman–Crippen LogP) is 1.62. The molecule has 21 heavy (non-hydrogen) atoms. The van der Waals surface area contributed by atoms with Gasteiger partial charge in [0.1, 0.15) is 11.4 Å². The lowest BCUT2D eigenvalue weighted by Gasteiger charge is -2.03. The average molecular weight is 307 g/mol. The summed E-state index contributed by atoms with van der Waals surface area (Å²) in [6.45, 7) is 0. The minimum atomic E-state index is -3.74. The zero-order valence-corrected chi connectivity index (χ0v) is 11.6. The number of rotatable bonds is 3. The summed E-state index contributed by atoms with van der Waals surface area (Å²) in [7, 11) is -3.74. The van der Waals surface area contributed by atoms with E-state index in [1.165, 1.54) is 36.4 Å². The van der Waals surface area contributed by atoms with E-state index in [0.29, 0.717) is 5.69 Å². The smallest absolute Gasteiger partial charge is 0.238 e. The average Bonchev–Trinajstić information content (AvgIpc) is 2.41. The van der Waals surface area contributed by atoms with Crippen molar-refractivity contribution >= 4 is 32.8 Å². The number of sulfonamides is 1. The van der Waals surface area contributed by atoms with E-state index in [1.807, 2.05) is 0 Å². The lowest BCUT2D eigenvalue weighted by molar-refractivity contribution is 0.478. The molecule has 0 spiro atoms. The van der Waals surface area contributed by atoms with Crippen LogP contribution < -0.4 is 16.6 Å². The van der Waals surface area contributed by atoms with Crippen molar-refractivity contribution in [1.82, 2.24) is 0 Å². The number of anilines is 2. The Kier molecular flexibility index (Phi) is 3.78. The standard InChI is InChI=1S/C12H13N5O3S/c13-9-5-10(14)12(18)6-11(9)17-16-7-1-3-8(4-2-7)21(15,19)20/h1-6,18H,13-14H2,(H2,15,19,20). The molecule has 0 aromatic heterocycles. The number of hydrogen-bond acceptors (Lipinski definition) is 7. The Morgan fingerprint density at radius 2 is 1.57 bits per heavy atom. The van der Waals surface area contributed by atoms with Crippen molar-refractivity contribution in [1.29, 1.82) is 0 Å². The third-order valence-corrected chi connectivity index (χ3v) is 3.54. The molecule has 2 aromatic rings. The van der Waals surface area contributed by atoms with Crippen LogP contribution in [-0.2, 0) is 10.0 Å². The van der Waals surface area contributed by atoms with Crippen LogP contribution in [0.1, 0.15) is 0 Å². The maximum absolute atomic E-state index is 11.1. The van der Waals surface area contributed by atoms with Gasteiger partial charge in [-0.15, -0.1) is 5.11 Å². The van der Waals surface area contributed by atoms with E-state index in [1.54, 1.807) is 0 Å². The number of phenols is 1. The molecule has 0 saturated heterocycles. The van der Waals surface area contributed by atoms with Crippen LogP contribution in [0.2, 0.25) is 0 Å². The number of aromatic hydroxyl groups is 1. The minimum Gasteiger partial charge on any atom is -0.506 e. The Morgan fingerprint density at radius 3 is 2.14 bits per heavy atom. The molecule has 8 nitrogen and oxygen atoms in total. The van der Waals surface area contributed by atoms with Crippen LogP contribution in [0.4, 0.5) is 22.7 Å². The highest BCUT2D eigenvalue weighted by Gasteiger charge is 2.07. The van der Waals surface area contributed by atoms with Crippen molar-refractivity contribution < 1.29 is 13.5 Å². The fourth-order valence-corrected chi connectivity index (χ4v) is 2.03. The van der Waals surface area contributed by atoms with Gasteiger partial charge in [0.25, 0.3) is 0 Å². The molecule has 0 heterocycles. The first kappa shape index (κ1) is 14.8. The molecule has 9 heteroatoms. The van der Waals surface area contributed by atoms with Gasteiger partial charge in [-0.2, -0.15) is 5.11 Å². The molecule has 0 aliphatic carbocycles. The first-order chi connectivity index (χ1) is 9.77. The quantitative estimate of drug-likeness (QED) is 0.293. The molecule has 2 aromatic carbocycles. The number of primary sulfonamides is 1. The van der Waals surface area contributed by atoms with Gasteiger partial charge in [-0.3, -0.25) is 0 Å². The second-order valence-electron chi connectivity index (χ2n) is 4.21. The topological polar surface area (TPSA) is 157 Å². The second-order valence-corrected chi connectivity index (χ2v) is 5.77. The van der Waals surface area contributed by atoms with Crippen LogP contribution in [0.3, 0.4) is 0 Å². The maximum atomic E-state index is 11.1. The molecule has 0 bridgehead atoms. The van der Waals surface area contributed by atoms with Crippen molar-refractivity contribution in [3.05, 3.63) is 36.4 Å². The number of nitrogen functional groups attached to an aromatic ring is 2. The molecule has 0 aliphatic rings. The number of hydrogen-bond donors (Lipinski definition) is 4. The van der Waals surface area contributed by atoms with Crippen molar-refractivity contribution in [2.75, 3.05) is 11.5 Å². The van der Waals surface area contributed by atoms with Gasteiger partial charge in [0.05, 0.1) is 22.0 Å².